The van der Waals surface area contributed by atoms with Crippen molar-refractivity contribution >= 4 is 11.7 Å². The van der Waals surface area contributed by atoms with Crippen molar-refractivity contribution in [1.29, 1.82) is 5.26 Å². The fourth-order valence-corrected chi connectivity index (χ4v) is 4.40. The molecule has 0 aliphatic carbocycles. The molecule has 1 aliphatic rings. The number of alkyl halides is 1. The summed E-state index contributed by atoms with van der Waals surface area (Å²) in [7, 11) is 1.62. The predicted molar refractivity (Wildman–Crippen MR) is 122 cm³/mol. The van der Waals surface area contributed by atoms with Crippen molar-refractivity contribution in [2.45, 2.75) is 38.0 Å². The molecule has 172 valence electrons. The number of hydrogen-bond donors (Lipinski definition) is 2. The van der Waals surface area contributed by atoms with Gasteiger partial charge in [-0.2, -0.15) is 10.4 Å². The number of nitrogens with two attached hydrogens (primary N) is 1. The fourth-order valence-electron chi connectivity index (χ4n) is 4.40. The molecule has 2 aromatic heterocycles. The molecule has 0 saturated carbocycles. The molecule has 4 rings (SSSR count). The van der Waals surface area contributed by atoms with E-state index in [4.69, 9.17) is 10.2 Å². The number of nitrogens with one attached hydrogen (secondary N) is 1. The van der Waals surface area contributed by atoms with Gasteiger partial charge < -0.3 is 15.5 Å². The number of anilines is 1. The van der Waals surface area contributed by atoms with Crippen molar-refractivity contribution < 1.29 is 13.6 Å². The third-order valence-corrected chi connectivity index (χ3v) is 6.31. The number of nitriles is 1. The van der Waals surface area contributed by atoms with Crippen LogP contribution in [0.15, 0.2) is 47.0 Å². The predicted octanol–water partition coefficient (Wildman–Crippen LogP) is 3.45. The Balaban J connectivity index is 1.50. The molecule has 2 atom stereocenters. The second-order valence-electron chi connectivity index (χ2n) is 8.45. The van der Waals surface area contributed by atoms with E-state index in [2.05, 4.69) is 16.5 Å². The molecule has 1 aliphatic heterocycles. The lowest BCUT2D eigenvalue weighted by Crippen LogP contribution is -2.54. The average Bonchev–Trinajstić information content (AvgIpc) is 3.43. The number of benzene rings is 1. The first-order chi connectivity index (χ1) is 15.9. The van der Waals surface area contributed by atoms with Gasteiger partial charge in [0.1, 0.15) is 28.8 Å². The van der Waals surface area contributed by atoms with Crippen molar-refractivity contribution in [3.8, 4) is 17.4 Å². The SMILES string of the molecule is CNc1nn(C2(CC#N)CCN(Cc3ccc(-c4ccc(C)o4)cc3)CC2F)cc1C(N)=O. The lowest BCUT2D eigenvalue weighted by atomic mass is 9.83. The molecule has 1 amide bonds. The Bertz CT molecular complexity index is 1180. The molecule has 2 unspecified atom stereocenters. The van der Waals surface area contributed by atoms with Crippen molar-refractivity contribution in [2.75, 3.05) is 25.5 Å². The Morgan fingerprint density at radius 3 is 2.67 bits per heavy atom. The fraction of sp³-hybridized carbons (Fsp3) is 0.375. The van der Waals surface area contributed by atoms with Crippen LogP contribution in [0.5, 0.6) is 0 Å². The minimum atomic E-state index is -1.35. The summed E-state index contributed by atoms with van der Waals surface area (Å²) in [6.07, 6.45) is 0.432. The number of aryl methyl sites for hydroxylation is 1. The molecule has 0 bridgehead atoms. The van der Waals surface area contributed by atoms with Gasteiger partial charge in [0.25, 0.3) is 5.91 Å². The lowest BCUT2D eigenvalue weighted by Gasteiger charge is -2.43. The van der Waals surface area contributed by atoms with E-state index in [1.54, 1.807) is 7.05 Å². The number of nitrogens with zero attached hydrogens (tertiary/aromatic N) is 4. The van der Waals surface area contributed by atoms with Gasteiger partial charge in [0.2, 0.25) is 0 Å². The number of amides is 1. The summed E-state index contributed by atoms with van der Waals surface area (Å²) >= 11 is 0. The van der Waals surface area contributed by atoms with Crippen LogP contribution in [0.3, 0.4) is 0 Å². The van der Waals surface area contributed by atoms with E-state index in [1.807, 2.05) is 48.2 Å². The van der Waals surface area contributed by atoms with E-state index in [1.165, 1.54) is 10.9 Å². The Labute approximate surface area is 191 Å². The van der Waals surface area contributed by atoms with Crippen LogP contribution in [0.25, 0.3) is 11.3 Å². The summed E-state index contributed by atoms with van der Waals surface area (Å²) < 4.78 is 22.7. The zero-order valence-electron chi connectivity index (χ0n) is 18.7. The maximum Gasteiger partial charge on any atom is 0.254 e. The van der Waals surface area contributed by atoms with Crippen LogP contribution >= 0.6 is 0 Å². The maximum atomic E-state index is 15.7. The summed E-state index contributed by atoms with van der Waals surface area (Å²) in [5.74, 6) is 1.30. The van der Waals surface area contributed by atoms with E-state index in [9.17, 15) is 10.1 Å². The molecule has 1 aromatic carbocycles. The zero-order valence-corrected chi connectivity index (χ0v) is 18.7. The first kappa shape index (κ1) is 22.6. The van der Waals surface area contributed by atoms with Crippen molar-refractivity contribution in [1.82, 2.24) is 14.7 Å². The third kappa shape index (κ3) is 4.34. The van der Waals surface area contributed by atoms with Crippen LogP contribution in [0, 0.1) is 18.3 Å². The second-order valence-corrected chi connectivity index (χ2v) is 8.45. The topological polar surface area (TPSA) is 113 Å². The molecule has 3 aromatic rings. The van der Waals surface area contributed by atoms with Crippen LogP contribution in [-0.4, -0.2) is 46.9 Å². The summed E-state index contributed by atoms with van der Waals surface area (Å²) in [5.41, 5.74) is 6.52. The van der Waals surface area contributed by atoms with E-state index >= 15 is 4.39 Å². The molecule has 33 heavy (non-hydrogen) atoms. The Kier molecular flexibility index (Phi) is 6.20. The minimum absolute atomic E-state index is 0.0533. The van der Waals surface area contributed by atoms with E-state index in [-0.39, 0.29) is 24.3 Å². The molecule has 1 saturated heterocycles. The molecule has 1 fully saturated rings. The number of halogens is 1. The number of rotatable bonds is 7. The summed E-state index contributed by atoms with van der Waals surface area (Å²) in [5, 5.41) is 16.6. The number of furan rings is 1. The Hall–Kier alpha value is -3.64. The Morgan fingerprint density at radius 1 is 1.36 bits per heavy atom. The van der Waals surface area contributed by atoms with E-state index in [0.29, 0.717) is 19.5 Å². The first-order valence-corrected chi connectivity index (χ1v) is 10.8. The summed E-state index contributed by atoms with van der Waals surface area (Å²) in [6, 6.07) is 14.0. The molecule has 9 heteroatoms. The average molecular weight is 451 g/mol. The largest absolute Gasteiger partial charge is 0.461 e. The van der Waals surface area contributed by atoms with Crippen LogP contribution in [-0.2, 0) is 12.1 Å². The lowest BCUT2D eigenvalue weighted by molar-refractivity contribution is 0.00694. The van der Waals surface area contributed by atoms with Gasteiger partial charge in [-0.3, -0.25) is 14.4 Å². The first-order valence-electron chi connectivity index (χ1n) is 10.8. The van der Waals surface area contributed by atoms with Crippen LogP contribution in [0.4, 0.5) is 10.2 Å². The van der Waals surface area contributed by atoms with Gasteiger partial charge in [0, 0.05) is 38.4 Å². The van der Waals surface area contributed by atoms with Gasteiger partial charge in [0.05, 0.1) is 12.5 Å². The summed E-state index contributed by atoms with van der Waals surface area (Å²) in [4.78, 5) is 13.8. The third-order valence-electron chi connectivity index (χ3n) is 6.31. The molecule has 3 heterocycles. The quantitative estimate of drug-likeness (QED) is 0.570. The summed E-state index contributed by atoms with van der Waals surface area (Å²) in [6.45, 7) is 3.24. The monoisotopic (exact) mass is 450 g/mol. The number of hydrogen-bond acceptors (Lipinski definition) is 6. The van der Waals surface area contributed by atoms with Gasteiger partial charge in [-0.1, -0.05) is 24.3 Å². The molecule has 0 spiro atoms. The van der Waals surface area contributed by atoms with Gasteiger partial charge in [-0.25, -0.2) is 4.39 Å². The van der Waals surface area contributed by atoms with Crippen LogP contribution < -0.4 is 11.1 Å². The minimum Gasteiger partial charge on any atom is -0.461 e. The van der Waals surface area contributed by atoms with Crippen LogP contribution in [0.2, 0.25) is 0 Å². The highest BCUT2D eigenvalue weighted by Crippen LogP contribution is 2.37. The molecule has 3 N–H and O–H groups in total. The number of primary amides is 1. The maximum absolute atomic E-state index is 15.7. The number of carbonyl (C=O) groups is 1. The molecular weight excluding hydrogens is 423 g/mol. The Morgan fingerprint density at radius 2 is 2.12 bits per heavy atom. The second kappa shape index (κ2) is 9.08. The van der Waals surface area contributed by atoms with Gasteiger partial charge >= 0.3 is 0 Å². The highest BCUT2D eigenvalue weighted by atomic mass is 19.1. The van der Waals surface area contributed by atoms with Crippen molar-refractivity contribution in [3.05, 3.63) is 59.5 Å². The van der Waals surface area contributed by atoms with Crippen molar-refractivity contribution in [3.63, 3.8) is 0 Å². The number of piperidine rings is 1. The number of aromatic nitrogens is 2. The highest BCUT2D eigenvalue weighted by molar-refractivity contribution is 5.97. The standard InChI is InChI=1S/C24H27FN6O2/c1-16-3-8-20(33-16)18-6-4-17(5-7-18)13-30-12-10-24(9-11-26,21(25)15-30)31-14-19(22(27)32)23(28-2)29-31/h3-8,14,21H,9-10,12-13,15H2,1-2H3,(H2,27,32)(H,28,29). The van der Waals surface area contributed by atoms with E-state index < -0.39 is 17.6 Å². The highest BCUT2D eigenvalue weighted by Gasteiger charge is 2.46. The molecule has 0 radical (unpaired) electrons. The number of carbonyl (C=O) groups excluding carboxylic acids is 1. The van der Waals surface area contributed by atoms with E-state index in [0.717, 1.165) is 22.6 Å². The van der Waals surface area contributed by atoms with Gasteiger partial charge in [-0.05, 0) is 31.0 Å². The smallest absolute Gasteiger partial charge is 0.254 e. The van der Waals surface area contributed by atoms with Gasteiger partial charge in [0.15, 0.2) is 5.82 Å². The molecule has 8 nitrogen and oxygen atoms in total. The van der Waals surface area contributed by atoms with Crippen molar-refractivity contribution in [2.24, 2.45) is 5.73 Å². The normalized spacial score (nSPS) is 21.0. The molecular formula is C24H27FN6O2. The van der Waals surface area contributed by atoms with Crippen LogP contribution in [0.1, 0.15) is 34.5 Å². The van der Waals surface area contributed by atoms with Gasteiger partial charge in [-0.15, -0.1) is 0 Å². The zero-order chi connectivity index (χ0) is 23.6. The number of likely N-dealkylation sites (tertiary alicyclic amines) is 1.